The number of hydrogen-bond donors (Lipinski definition) is 2. The van der Waals surface area contributed by atoms with Crippen LogP contribution in [0.4, 0.5) is 5.69 Å². The number of nitrogens with zero attached hydrogens (tertiary/aromatic N) is 3. The van der Waals surface area contributed by atoms with Crippen molar-refractivity contribution in [1.29, 1.82) is 0 Å². The summed E-state index contributed by atoms with van der Waals surface area (Å²) in [5.41, 5.74) is 0.765. The molecule has 1 amide bonds. The number of nitrogens with one attached hydrogen (secondary N) is 2. The van der Waals surface area contributed by atoms with Crippen molar-refractivity contribution in [3.05, 3.63) is 63.5 Å². The van der Waals surface area contributed by atoms with E-state index in [1.165, 1.54) is 11.6 Å². The molecule has 0 aliphatic heterocycles. The summed E-state index contributed by atoms with van der Waals surface area (Å²) in [6.45, 7) is 0. The third-order valence-corrected chi connectivity index (χ3v) is 4.19. The summed E-state index contributed by atoms with van der Waals surface area (Å²) < 4.78 is 6.57. The molecule has 130 valence electrons. The number of carbonyl (C=O) groups is 1. The van der Waals surface area contributed by atoms with E-state index in [0.29, 0.717) is 27.4 Å². The lowest BCUT2D eigenvalue weighted by Gasteiger charge is -2.07. The van der Waals surface area contributed by atoms with Gasteiger partial charge in [0.15, 0.2) is 11.3 Å². The minimum Gasteiger partial charge on any atom is -0.495 e. The van der Waals surface area contributed by atoms with Gasteiger partial charge in [0.25, 0.3) is 11.5 Å². The van der Waals surface area contributed by atoms with Crippen molar-refractivity contribution >= 4 is 39.7 Å². The highest BCUT2D eigenvalue weighted by molar-refractivity contribution is 6.32. The minimum atomic E-state index is -0.521. The molecule has 0 unspecified atom stereocenters. The Morgan fingerprint density at radius 2 is 2.08 bits per heavy atom. The lowest BCUT2D eigenvalue weighted by Crippen LogP contribution is -2.16. The van der Waals surface area contributed by atoms with Gasteiger partial charge in [0.05, 0.1) is 23.0 Å². The summed E-state index contributed by atoms with van der Waals surface area (Å²) in [6, 6.07) is 11.8. The second-order valence-electron chi connectivity index (χ2n) is 5.46. The maximum atomic E-state index is 12.6. The first-order valence-electron chi connectivity index (χ1n) is 7.59. The Balaban J connectivity index is 1.76. The number of anilines is 1. The number of aromatic nitrogens is 4. The SMILES string of the molecule is COc1ccc(NC(=O)c2n[nH]n3c2nc(=O)c2ccccc23)cc1Cl. The quantitative estimate of drug-likeness (QED) is 0.577. The number of hydrogen-bond acceptors (Lipinski definition) is 5. The standard InChI is InChI=1S/C17H12ClN5O3/c1-26-13-7-6-9(8-11(13)18)19-17(25)14-15-20-16(24)10-4-2-3-5-12(10)23(15)22-21-14/h2-8,22H,1H3,(H,19,25). The molecule has 0 spiro atoms. The first-order valence-corrected chi connectivity index (χ1v) is 7.97. The first kappa shape index (κ1) is 16.1. The summed E-state index contributed by atoms with van der Waals surface area (Å²) in [7, 11) is 1.50. The van der Waals surface area contributed by atoms with Gasteiger partial charge in [-0.15, -0.1) is 5.10 Å². The van der Waals surface area contributed by atoms with Crippen LogP contribution in [0.3, 0.4) is 0 Å². The summed E-state index contributed by atoms with van der Waals surface area (Å²) in [4.78, 5) is 28.8. The van der Waals surface area contributed by atoms with E-state index in [1.807, 2.05) is 0 Å². The highest BCUT2D eigenvalue weighted by atomic mass is 35.5. The van der Waals surface area contributed by atoms with Crippen molar-refractivity contribution in [2.75, 3.05) is 12.4 Å². The van der Waals surface area contributed by atoms with Crippen LogP contribution in [0.1, 0.15) is 10.5 Å². The molecular weight excluding hydrogens is 358 g/mol. The number of halogens is 1. The average Bonchev–Trinajstić information content (AvgIpc) is 3.06. The van der Waals surface area contributed by atoms with Gasteiger partial charge >= 0.3 is 0 Å². The molecule has 0 aliphatic rings. The maximum absolute atomic E-state index is 12.6. The molecule has 2 N–H and O–H groups in total. The Labute approximate surface area is 151 Å². The van der Waals surface area contributed by atoms with Crippen LogP contribution in [-0.2, 0) is 0 Å². The number of para-hydroxylation sites is 1. The highest BCUT2D eigenvalue weighted by Gasteiger charge is 2.18. The highest BCUT2D eigenvalue weighted by Crippen LogP contribution is 2.27. The fraction of sp³-hybridized carbons (Fsp3) is 0.0588. The Morgan fingerprint density at radius 1 is 1.27 bits per heavy atom. The molecule has 0 aliphatic carbocycles. The summed E-state index contributed by atoms with van der Waals surface area (Å²) in [5, 5.41) is 10.2. The summed E-state index contributed by atoms with van der Waals surface area (Å²) >= 11 is 6.06. The molecule has 2 aromatic carbocycles. The van der Waals surface area contributed by atoms with Gasteiger partial charge in [-0.2, -0.15) is 4.98 Å². The monoisotopic (exact) mass is 369 g/mol. The number of aromatic amines is 1. The average molecular weight is 370 g/mol. The molecule has 4 rings (SSSR count). The lowest BCUT2D eigenvalue weighted by molar-refractivity contribution is 0.102. The lowest BCUT2D eigenvalue weighted by atomic mass is 10.2. The van der Waals surface area contributed by atoms with Gasteiger partial charge in [-0.1, -0.05) is 23.7 Å². The number of ether oxygens (including phenoxy) is 1. The molecule has 8 nitrogen and oxygen atoms in total. The molecular formula is C17H12ClN5O3. The second-order valence-corrected chi connectivity index (χ2v) is 5.86. The number of amides is 1. The van der Waals surface area contributed by atoms with E-state index < -0.39 is 11.5 Å². The van der Waals surface area contributed by atoms with E-state index in [-0.39, 0.29) is 11.3 Å². The zero-order valence-corrected chi connectivity index (χ0v) is 14.2. The van der Waals surface area contributed by atoms with E-state index in [1.54, 1.807) is 42.5 Å². The number of methoxy groups -OCH3 is 1. The van der Waals surface area contributed by atoms with Crippen LogP contribution in [0.5, 0.6) is 5.75 Å². The number of carbonyl (C=O) groups excluding carboxylic acids is 1. The van der Waals surface area contributed by atoms with Crippen molar-refractivity contribution in [2.24, 2.45) is 0 Å². The number of H-pyrrole nitrogens is 1. The van der Waals surface area contributed by atoms with Gasteiger partial charge in [0, 0.05) is 5.69 Å². The van der Waals surface area contributed by atoms with E-state index in [4.69, 9.17) is 16.3 Å². The molecule has 0 saturated heterocycles. The summed E-state index contributed by atoms with van der Waals surface area (Å²) in [5.74, 6) is -0.0262. The third-order valence-electron chi connectivity index (χ3n) is 3.89. The molecule has 0 bridgehead atoms. The van der Waals surface area contributed by atoms with Gasteiger partial charge in [0.1, 0.15) is 5.75 Å². The molecule has 0 fully saturated rings. The maximum Gasteiger partial charge on any atom is 0.281 e. The predicted molar refractivity (Wildman–Crippen MR) is 97.1 cm³/mol. The van der Waals surface area contributed by atoms with Crippen molar-refractivity contribution in [3.8, 4) is 5.75 Å². The van der Waals surface area contributed by atoms with Crippen LogP contribution in [0.15, 0.2) is 47.3 Å². The molecule has 2 aromatic heterocycles. The second kappa shape index (κ2) is 6.16. The Morgan fingerprint density at radius 3 is 2.85 bits per heavy atom. The van der Waals surface area contributed by atoms with Crippen molar-refractivity contribution in [3.63, 3.8) is 0 Å². The fourth-order valence-electron chi connectivity index (χ4n) is 2.67. The largest absolute Gasteiger partial charge is 0.495 e. The van der Waals surface area contributed by atoms with Crippen LogP contribution in [0.2, 0.25) is 5.02 Å². The zero-order chi connectivity index (χ0) is 18.3. The van der Waals surface area contributed by atoms with Crippen LogP contribution < -0.4 is 15.6 Å². The molecule has 26 heavy (non-hydrogen) atoms. The van der Waals surface area contributed by atoms with E-state index in [0.717, 1.165) is 0 Å². The van der Waals surface area contributed by atoms with Gasteiger partial charge in [-0.05, 0) is 30.3 Å². The van der Waals surface area contributed by atoms with Crippen molar-refractivity contribution in [2.45, 2.75) is 0 Å². The normalized spacial score (nSPS) is 11.0. The van der Waals surface area contributed by atoms with Gasteiger partial charge in [0.2, 0.25) is 0 Å². The fourth-order valence-corrected chi connectivity index (χ4v) is 2.92. The van der Waals surface area contributed by atoms with E-state index in [2.05, 4.69) is 20.6 Å². The molecule has 0 atom stereocenters. The molecule has 9 heteroatoms. The van der Waals surface area contributed by atoms with Crippen molar-refractivity contribution in [1.82, 2.24) is 19.8 Å². The van der Waals surface area contributed by atoms with Crippen LogP contribution in [-0.4, -0.2) is 32.8 Å². The topological polar surface area (TPSA) is 101 Å². The van der Waals surface area contributed by atoms with E-state index >= 15 is 0 Å². The Hall–Kier alpha value is -3.39. The number of rotatable bonds is 3. The predicted octanol–water partition coefficient (Wildman–Crippen LogP) is 2.49. The van der Waals surface area contributed by atoms with Crippen molar-refractivity contribution < 1.29 is 9.53 Å². The molecule has 0 saturated carbocycles. The molecule has 2 heterocycles. The van der Waals surface area contributed by atoms with Gasteiger partial charge < -0.3 is 10.1 Å². The number of benzene rings is 2. The smallest absolute Gasteiger partial charge is 0.281 e. The van der Waals surface area contributed by atoms with E-state index in [9.17, 15) is 9.59 Å². The number of fused-ring (bicyclic) bond motifs is 3. The minimum absolute atomic E-state index is 0.000191. The first-order chi connectivity index (χ1) is 12.6. The molecule has 4 aromatic rings. The zero-order valence-electron chi connectivity index (χ0n) is 13.5. The third kappa shape index (κ3) is 2.56. The Bertz CT molecular complexity index is 1210. The van der Waals surface area contributed by atoms with Gasteiger partial charge in [-0.3, -0.25) is 9.59 Å². The van der Waals surface area contributed by atoms with Crippen LogP contribution in [0, 0.1) is 0 Å². The van der Waals surface area contributed by atoms with Gasteiger partial charge in [-0.25, -0.2) is 9.73 Å². The van der Waals surface area contributed by atoms with Crippen LogP contribution >= 0.6 is 11.6 Å². The van der Waals surface area contributed by atoms with Crippen LogP contribution in [0.25, 0.3) is 16.6 Å². The summed E-state index contributed by atoms with van der Waals surface area (Å²) in [6.07, 6.45) is 0. The Kier molecular flexibility index (Phi) is 3.81. The molecule has 0 radical (unpaired) electrons.